The summed E-state index contributed by atoms with van der Waals surface area (Å²) >= 11 is 0. The largest absolute Gasteiger partial charge is 0.477 e. The third-order valence-corrected chi connectivity index (χ3v) is 8.02. The van der Waals surface area contributed by atoms with Crippen LogP contribution in [-0.4, -0.2) is 34.8 Å². The smallest absolute Gasteiger partial charge is 0.311 e. The number of esters is 1. The Morgan fingerprint density at radius 2 is 1.77 bits per heavy atom. The van der Waals surface area contributed by atoms with E-state index in [1.165, 1.54) is 12.8 Å². The molecule has 0 bridgehead atoms. The lowest BCUT2D eigenvalue weighted by Crippen LogP contribution is -2.30. The van der Waals surface area contributed by atoms with E-state index >= 15 is 0 Å². The number of hydrogen-bond donors (Lipinski definition) is 0. The zero-order chi connectivity index (χ0) is 30.5. The number of aryl methyl sites for hydroxylation is 1. The van der Waals surface area contributed by atoms with Gasteiger partial charge >= 0.3 is 5.97 Å². The van der Waals surface area contributed by atoms with Crippen LogP contribution in [0.5, 0.6) is 5.88 Å². The summed E-state index contributed by atoms with van der Waals surface area (Å²) in [5.41, 5.74) is 6.83. The fraction of sp³-hybridized carbons (Fsp3) is 0.472. The molecule has 2 aromatic carbocycles. The first-order chi connectivity index (χ1) is 20.4. The Labute approximate surface area is 253 Å². The second kappa shape index (κ2) is 11.2. The van der Waals surface area contributed by atoms with Crippen LogP contribution in [0, 0.1) is 18.3 Å². The van der Waals surface area contributed by atoms with Crippen LogP contribution in [0.3, 0.4) is 0 Å². The summed E-state index contributed by atoms with van der Waals surface area (Å²) in [6.07, 6.45) is 3.77. The maximum absolute atomic E-state index is 12.9. The van der Waals surface area contributed by atoms with Gasteiger partial charge in [-0.15, -0.1) is 0 Å². The van der Waals surface area contributed by atoms with Crippen LogP contribution < -0.4 is 4.74 Å². The molecular weight excluding hydrogens is 540 g/mol. The minimum atomic E-state index is -0.628. The molecule has 0 spiro atoms. The van der Waals surface area contributed by atoms with E-state index in [1.54, 1.807) is 0 Å². The van der Waals surface area contributed by atoms with Crippen LogP contribution in [0.4, 0.5) is 0 Å². The Morgan fingerprint density at radius 3 is 2.47 bits per heavy atom. The summed E-state index contributed by atoms with van der Waals surface area (Å²) in [6.45, 7) is 15.6. The van der Waals surface area contributed by atoms with Gasteiger partial charge in [0, 0.05) is 28.6 Å². The third-order valence-electron chi connectivity index (χ3n) is 8.02. The van der Waals surface area contributed by atoms with Crippen molar-refractivity contribution in [3.05, 3.63) is 64.8 Å². The van der Waals surface area contributed by atoms with Gasteiger partial charge in [0.25, 0.3) is 0 Å². The Bertz CT molecular complexity index is 1680. The second-order valence-electron chi connectivity index (χ2n) is 14.0. The average molecular weight is 583 g/mol. The fourth-order valence-corrected chi connectivity index (χ4v) is 5.77. The van der Waals surface area contributed by atoms with E-state index in [-0.39, 0.29) is 12.6 Å². The molecular formula is C36H42N2O5. The molecule has 0 amide bonds. The van der Waals surface area contributed by atoms with Crippen molar-refractivity contribution in [1.82, 2.24) is 9.97 Å². The van der Waals surface area contributed by atoms with E-state index < -0.39 is 17.1 Å². The molecule has 2 aromatic heterocycles. The normalized spacial score (nSPS) is 16.0. The first-order valence-corrected chi connectivity index (χ1v) is 15.3. The molecule has 6 rings (SSSR count). The number of aromatic nitrogens is 2. The Morgan fingerprint density at radius 1 is 1.02 bits per heavy atom. The maximum atomic E-state index is 12.9. The van der Waals surface area contributed by atoms with Crippen LogP contribution >= 0.6 is 0 Å². The molecule has 1 atom stereocenters. The van der Waals surface area contributed by atoms with E-state index in [0.29, 0.717) is 31.6 Å². The van der Waals surface area contributed by atoms with Crippen molar-refractivity contribution in [2.75, 3.05) is 13.2 Å². The molecule has 1 saturated carbocycles. The van der Waals surface area contributed by atoms with Gasteiger partial charge in [0.1, 0.15) is 12.7 Å². The molecule has 1 aliphatic heterocycles. The molecule has 7 nitrogen and oxygen atoms in total. The van der Waals surface area contributed by atoms with Gasteiger partial charge in [-0.3, -0.25) is 9.78 Å². The van der Waals surface area contributed by atoms with E-state index in [0.717, 1.165) is 55.2 Å². The van der Waals surface area contributed by atoms with Crippen molar-refractivity contribution < 1.29 is 23.7 Å². The summed E-state index contributed by atoms with van der Waals surface area (Å²) in [5.74, 6) is 1.000. The number of carbonyl (C=O) groups is 1. The van der Waals surface area contributed by atoms with Crippen molar-refractivity contribution in [3.63, 3.8) is 0 Å². The summed E-state index contributed by atoms with van der Waals surface area (Å²) in [7, 11) is 0. The number of benzene rings is 2. The highest BCUT2D eigenvalue weighted by Gasteiger charge is 2.31. The second-order valence-corrected chi connectivity index (χ2v) is 14.0. The lowest BCUT2D eigenvalue weighted by molar-refractivity contribution is -0.162. The highest BCUT2D eigenvalue weighted by Crippen LogP contribution is 2.44. The molecule has 0 saturated heterocycles. The van der Waals surface area contributed by atoms with Gasteiger partial charge in [0.15, 0.2) is 0 Å². The zero-order valence-electron chi connectivity index (χ0n) is 26.4. The van der Waals surface area contributed by atoms with E-state index in [1.807, 2.05) is 59.9 Å². The standard InChI is InChI=1S/C36H42N2O5/c1-21-16-27-25(12-13-29(38-27)41-17-22-8-9-22)32(26-11-10-23-18-40-19-24-14-15-37-33(26)31(23)24)30(21)28(43-36(5,6)7)20-42-34(39)35(2,3)4/h10-16,22,28H,8-9,17-20H2,1-7H3/t28-/m1/s1. The van der Waals surface area contributed by atoms with Gasteiger partial charge in [0.05, 0.1) is 41.9 Å². The first kappa shape index (κ1) is 29.5. The zero-order valence-corrected chi connectivity index (χ0v) is 26.4. The lowest BCUT2D eigenvalue weighted by Gasteiger charge is -2.31. The molecule has 43 heavy (non-hydrogen) atoms. The van der Waals surface area contributed by atoms with E-state index in [9.17, 15) is 4.79 Å². The molecule has 3 heterocycles. The van der Waals surface area contributed by atoms with Crippen molar-refractivity contribution in [2.24, 2.45) is 11.3 Å². The predicted molar refractivity (Wildman–Crippen MR) is 168 cm³/mol. The molecule has 7 heteroatoms. The van der Waals surface area contributed by atoms with Crippen molar-refractivity contribution in [2.45, 2.75) is 86.2 Å². The summed E-state index contributed by atoms with van der Waals surface area (Å²) in [4.78, 5) is 22.8. The molecule has 4 aromatic rings. The minimum Gasteiger partial charge on any atom is -0.477 e. The quantitative estimate of drug-likeness (QED) is 0.195. The van der Waals surface area contributed by atoms with Crippen LogP contribution in [0.2, 0.25) is 0 Å². The Kier molecular flexibility index (Phi) is 7.68. The summed E-state index contributed by atoms with van der Waals surface area (Å²) < 4.78 is 24.6. The monoisotopic (exact) mass is 582 g/mol. The fourth-order valence-electron chi connectivity index (χ4n) is 5.77. The van der Waals surface area contributed by atoms with Crippen LogP contribution in [0.1, 0.15) is 82.7 Å². The average Bonchev–Trinajstić information content (AvgIpc) is 3.77. The van der Waals surface area contributed by atoms with Gasteiger partial charge in [-0.2, -0.15) is 0 Å². The van der Waals surface area contributed by atoms with Gasteiger partial charge in [-0.25, -0.2) is 4.98 Å². The topological polar surface area (TPSA) is 79.8 Å². The number of hydrogen-bond acceptors (Lipinski definition) is 7. The van der Waals surface area contributed by atoms with Gasteiger partial charge in [0.2, 0.25) is 5.88 Å². The summed E-state index contributed by atoms with van der Waals surface area (Å²) in [6, 6.07) is 12.4. The Balaban J connectivity index is 1.57. The highest BCUT2D eigenvalue weighted by molar-refractivity contribution is 6.06. The van der Waals surface area contributed by atoms with Crippen molar-refractivity contribution in [1.29, 1.82) is 0 Å². The SMILES string of the molecule is Cc1cc2nc(OCC3CC3)ccc2c(-c2ccc3c4c(ccnc24)COC3)c1[C@@H](COC(=O)C(C)(C)C)OC(C)(C)C. The third kappa shape index (κ3) is 6.24. The maximum Gasteiger partial charge on any atom is 0.311 e. The lowest BCUT2D eigenvalue weighted by atomic mass is 9.86. The van der Waals surface area contributed by atoms with Crippen LogP contribution in [-0.2, 0) is 32.2 Å². The van der Waals surface area contributed by atoms with E-state index in [4.69, 9.17) is 28.9 Å². The molecule has 0 N–H and O–H groups in total. The van der Waals surface area contributed by atoms with E-state index in [2.05, 4.69) is 31.2 Å². The van der Waals surface area contributed by atoms with Gasteiger partial charge in [-0.05, 0) is 113 Å². The number of pyridine rings is 2. The Hall–Kier alpha value is -3.55. The molecule has 0 radical (unpaired) electrons. The minimum absolute atomic E-state index is 0.0886. The van der Waals surface area contributed by atoms with Gasteiger partial charge < -0.3 is 18.9 Å². The molecule has 0 unspecified atom stereocenters. The van der Waals surface area contributed by atoms with Crippen LogP contribution in [0.25, 0.3) is 32.9 Å². The summed E-state index contributed by atoms with van der Waals surface area (Å²) in [5, 5.41) is 2.11. The number of carbonyl (C=O) groups excluding carboxylic acids is 1. The van der Waals surface area contributed by atoms with Gasteiger partial charge in [-0.1, -0.05) is 12.1 Å². The molecule has 1 fully saturated rings. The highest BCUT2D eigenvalue weighted by atomic mass is 16.6. The van der Waals surface area contributed by atoms with Crippen molar-refractivity contribution >= 4 is 27.8 Å². The van der Waals surface area contributed by atoms with Crippen LogP contribution in [0.15, 0.2) is 42.6 Å². The number of fused-ring (bicyclic) bond motifs is 1. The number of nitrogens with zero attached hydrogens (tertiary/aromatic N) is 2. The molecule has 1 aliphatic carbocycles. The number of rotatable bonds is 8. The first-order valence-electron chi connectivity index (χ1n) is 15.3. The predicted octanol–water partition coefficient (Wildman–Crippen LogP) is 8.02. The molecule has 226 valence electrons. The van der Waals surface area contributed by atoms with Crippen molar-refractivity contribution in [3.8, 4) is 17.0 Å². The molecule has 2 aliphatic rings. The number of ether oxygens (including phenoxy) is 4.